The maximum Gasteiger partial charge on any atom is 0.255 e. The number of carbonyl (C=O) groups is 4. The molecule has 0 unspecified atom stereocenters. The number of likely N-dealkylation sites (tertiary alicyclic amines) is 1. The van der Waals surface area contributed by atoms with Crippen LogP contribution >= 0.6 is 0 Å². The van der Waals surface area contributed by atoms with E-state index in [-0.39, 0.29) is 53.6 Å². The van der Waals surface area contributed by atoms with Crippen molar-refractivity contribution in [3.63, 3.8) is 0 Å². The minimum Gasteiger partial charge on any atom is -0.508 e. The van der Waals surface area contributed by atoms with Gasteiger partial charge in [0, 0.05) is 55.2 Å². The Balaban J connectivity index is 1.53. The first-order chi connectivity index (χ1) is 19.7. The Morgan fingerprint density at radius 2 is 1.83 bits per heavy atom. The Kier molecular flexibility index (Phi) is 7.40. The van der Waals surface area contributed by atoms with Gasteiger partial charge in [-0.15, -0.1) is 0 Å². The Bertz CT molecular complexity index is 1460. The van der Waals surface area contributed by atoms with E-state index < -0.39 is 69.6 Å². The summed E-state index contributed by atoms with van der Waals surface area (Å²) in [6.45, 7) is 2.82. The number of hydrogen-bond acceptors (Lipinski definition) is 10. The zero-order chi connectivity index (χ0) is 30.8. The first kappa shape index (κ1) is 29.7. The lowest BCUT2D eigenvalue weighted by molar-refractivity contribution is -0.153. The van der Waals surface area contributed by atoms with E-state index in [0.29, 0.717) is 25.9 Å². The quantitative estimate of drug-likeness (QED) is 0.260. The maximum absolute atomic E-state index is 16.0. The molecule has 0 bridgehead atoms. The summed E-state index contributed by atoms with van der Waals surface area (Å²) in [4.78, 5) is 53.9. The number of piperidine rings is 1. The molecule has 1 aliphatic heterocycles. The van der Waals surface area contributed by atoms with Crippen LogP contribution in [0.4, 0.5) is 4.39 Å². The van der Waals surface area contributed by atoms with Gasteiger partial charge in [0.15, 0.2) is 11.4 Å². The van der Waals surface area contributed by atoms with E-state index in [1.54, 1.807) is 0 Å². The van der Waals surface area contributed by atoms with Gasteiger partial charge in [0.1, 0.15) is 28.7 Å². The predicted octanol–water partition coefficient (Wildman–Crippen LogP) is 0.204. The number of primary amides is 1. The number of phenols is 1. The fourth-order valence-corrected chi connectivity index (χ4v) is 7.23. The molecule has 226 valence electrons. The molecule has 5 rings (SSSR count). The van der Waals surface area contributed by atoms with Gasteiger partial charge in [-0.05, 0) is 51.8 Å². The number of aliphatic hydroxyl groups is 3. The molecule has 1 saturated carbocycles. The van der Waals surface area contributed by atoms with Crippen LogP contribution in [0, 0.1) is 17.7 Å². The van der Waals surface area contributed by atoms with E-state index in [1.807, 2.05) is 4.90 Å². The van der Waals surface area contributed by atoms with Crippen molar-refractivity contribution in [2.24, 2.45) is 17.6 Å². The second-order valence-electron chi connectivity index (χ2n) is 11.9. The summed E-state index contributed by atoms with van der Waals surface area (Å²) in [7, 11) is 3.02. The lowest BCUT2D eigenvalue weighted by Crippen LogP contribution is -2.65. The van der Waals surface area contributed by atoms with Gasteiger partial charge >= 0.3 is 0 Å². The first-order valence-corrected chi connectivity index (χ1v) is 13.9. The Hall–Kier alpha value is -3.81. The van der Waals surface area contributed by atoms with Gasteiger partial charge in [-0.1, -0.05) is 0 Å². The predicted molar refractivity (Wildman–Crippen MR) is 146 cm³/mol. The maximum atomic E-state index is 16.0. The smallest absolute Gasteiger partial charge is 0.255 e. The van der Waals surface area contributed by atoms with Crippen LogP contribution in [0.1, 0.15) is 42.9 Å². The Morgan fingerprint density at radius 1 is 1.19 bits per heavy atom. The first-order valence-electron chi connectivity index (χ1n) is 13.9. The number of rotatable bonds is 5. The van der Waals surface area contributed by atoms with Crippen LogP contribution in [0.5, 0.6) is 5.75 Å². The van der Waals surface area contributed by atoms with E-state index in [1.165, 1.54) is 32.0 Å². The molecule has 1 saturated heterocycles. The monoisotopic (exact) mass is 586 g/mol. The van der Waals surface area contributed by atoms with Crippen LogP contribution in [0.25, 0.3) is 5.76 Å². The zero-order valence-corrected chi connectivity index (χ0v) is 23.6. The average Bonchev–Trinajstić information content (AvgIpc) is 2.89. The van der Waals surface area contributed by atoms with Gasteiger partial charge in [-0.25, -0.2) is 4.39 Å². The molecule has 2 fully saturated rings. The highest BCUT2D eigenvalue weighted by molar-refractivity contribution is 6.24. The lowest BCUT2D eigenvalue weighted by Gasteiger charge is -2.50. The van der Waals surface area contributed by atoms with E-state index in [0.717, 1.165) is 0 Å². The number of ketones is 2. The topological polar surface area (TPSA) is 194 Å². The number of Topliss-reactive ketones (excluding diaryl/α,β-unsaturated/α-hetero) is 2. The number of hydrogen-bond donors (Lipinski definition) is 6. The molecule has 4 aliphatic rings. The normalized spacial score (nSPS) is 28.5. The van der Waals surface area contributed by atoms with Crippen LogP contribution in [-0.2, 0) is 32.1 Å². The zero-order valence-electron chi connectivity index (χ0n) is 23.6. The number of fused-ring (bicyclic) bond motifs is 3. The van der Waals surface area contributed by atoms with Crippen LogP contribution in [-0.4, -0.2) is 98.5 Å². The summed E-state index contributed by atoms with van der Waals surface area (Å²) in [5.74, 6) is -8.52. The largest absolute Gasteiger partial charge is 0.508 e. The average molecular weight is 587 g/mol. The fourth-order valence-electron chi connectivity index (χ4n) is 7.23. The number of halogens is 1. The number of likely N-dealkylation sites (N-methyl/N-ethyl adjacent to an activating group) is 1. The number of nitrogens with one attached hydrogen (secondary N) is 1. The molecule has 12 nitrogen and oxygen atoms in total. The second-order valence-corrected chi connectivity index (χ2v) is 11.9. The summed E-state index contributed by atoms with van der Waals surface area (Å²) in [6, 6.07) is 0.0156. The van der Waals surface area contributed by atoms with Crippen molar-refractivity contribution < 1.29 is 44.0 Å². The summed E-state index contributed by atoms with van der Waals surface area (Å²) in [6.07, 6.45) is 1.13. The molecule has 42 heavy (non-hydrogen) atoms. The van der Waals surface area contributed by atoms with Crippen molar-refractivity contribution in [3.8, 4) is 5.75 Å². The SMILES string of the molecule is CC(=O)NC1CCN(Cc2cc(O)c3c(c2F)C[C@H]2C[C@H]4[C@H](N(C)C)C(=O)C(C(N)=O)=C(O)[C@@]4(O)C(=O)C2=C3O)CC1. The number of amides is 2. The summed E-state index contributed by atoms with van der Waals surface area (Å²) < 4.78 is 16.0. The van der Waals surface area contributed by atoms with Crippen molar-refractivity contribution in [2.45, 2.75) is 56.8 Å². The molecule has 4 atom stereocenters. The Morgan fingerprint density at radius 3 is 2.40 bits per heavy atom. The lowest BCUT2D eigenvalue weighted by atomic mass is 9.57. The van der Waals surface area contributed by atoms with Crippen molar-refractivity contribution in [3.05, 3.63) is 45.5 Å². The standard InChI is InChI=1S/C29H35FN4O8/c1-12(35)32-15-4-6-34(7-5-15)11-14-10-18(36)20-16(22(14)30)8-13-9-17-23(33(2)3)25(38)21(28(31)41)27(40)29(17,42)26(39)19(13)24(20)37/h10,13,15,17,23,36-37,40,42H,4-9,11H2,1-3H3,(H2,31,41)(H,32,35)/t13-,17-,23-,29-/m0/s1. The molecule has 1 heterocycles. The molecular weight excluding hydrogens is 551 g/mol. The number of aromatic hydroxyl groups is 1. The van der Waals surface area contributed by atoms with Crippen LogP contribution in [0.2, 0.25) is 0 Å². The summed E-state index contributed by atoms with van der Waals surface area (Å²) >= 11 is 0. The van der Waals surface area contributed by atoms with Crippen LogP contribution < -0.4 is 11.1 Å². The molecular formula is C29H35FN4O8. The molecule has 0 aromatic heterocycles. The summed E-state index contributed by atoms with van der Waals surface area (Å²) in [5.41, 5.74) is 1.28. The number of nitrogens with zero attached hydrogens (tertiary/aromatic N) is 2. The molecule has 0 spiro atoms. The third-order valence-electron chi connectivity index (χ3n) is 9.12. The molecule has 0 radical (unpaired) electrons. The third kappa shape index (κ3) is 4.46. The highest BCUT2D eigenvalue weighted by Gasteiger charge is 2.64. The van der Waals surface area contributed by atoms with Gasteiger partial charge in [-0.2, -0.15) is 0 Å². The number of carbonyl (C=O) groups excluding carboxylic acids is 4. The van der Waals surface area contributed by atoms with Gasteiger partial charge in [-0.3, -0.25) is 29.0 Å². The molecule has 3 aliphatic carbocycles. The number of benzene rings is 1. The minimum absolute atomic E-state index is 0.00347. The number of nitrogens with two attached hydrogens (primary N) is 1. The van der Waals surface area contributed by atoms with Crippen LogP contribution in [0.3, 0.4) is 0 Å². The molecule has 13 heteroatoms. The highest BCUT2D eigenvalue weighted by Crippen LogP contribution is 2.53. The van der Waals surface area contributed by atoms with E-state index >= 15 is 4.39 Å². The van der Waals surface area contributed by atoms with Gasteiger partial charge in [0.2, 0.25) is 11.7 Å². The highest BCUT2D eigenvalue weighted by atomic mass is 19.1. The Labute approximate surface area is 241 Å². The molecule has 2 amide bonds. The molecule has 1 aromatic rings. The van der Waals surface area contributed by atoms with E-state index in [4.69, 9.17) is 5.73 Å². The summed E-state index contributed by atoms with van der Waals surface area (Å²) in [5, 5.41) is 47.6. The van der Waals surface area contributed by atoms with Crippen molar-refractivity contribution in [2.75, 3.05) is 27.2 Å². The van der Waals surface area contributed by atoms with Crippen molar-refractivity contribution in [1.29, 1.82) is 0 Å². The fraction of sp³-hybridized carbons (Fsp3) is 0.517. The molecule has 1 aromatic carbocycles. The second kappa shape index (κ2) is 10.5. The molecule has 7 N–H and O–H groups in total. The minimum atomic E-state index is -2.75. The van der Waals surface area contributed by atoms with Crippen molar-refractivity contribution in [1.82, 2.24) is 15.1 Å². The van der Waals surface area contributed by atoms with Gasteiger partial charge < -0.3 is 31.5 Å². The van der Waals surface area contributed by atoms with Crippen LogP contribution in [0.15, 0.2) is 23.0 Å². The van der Waals surface area contributed by atoms with E-state index in [9.17, 15) is 39.6 Å². The van der Waals surface area contributed by atoms with Gasteiger partial charge in [0.05, 0.1) is 11.6 Å². The number of aliphatic hydroxyl groups excluding tert-OH is 2. The third-order valence-corrected chi connectivity index (χ3v) is 9.12. The van der Waals surface area contributed by atoms with E-state index in [2.05, 4.69) is 5.32 Å². The van der Waals surface area contributed by atoms with Crippen molar-refractivity contribution >= 4 is 29.1 Å². The van der Waals surface area contributed by atoms with Gasteiger partial charge in [0.25, 0.3) is 5.91 Å². The number of phenolic OH excluding ortho intramolecular Hbond substituents is 1.